The van der Waals surface area contributed by atoms with Gasteiger partial charge in [-0.3, -0.25) is 29.0 Å². The molecule has 0 aromatic heterocycles. The molecule has 0 radical (unpaired) electrons. The Morgan fingerprint density at radius 3 is 2.00 bits per heavy atom. The number of amides is 4. The van der Waals surface area contributed by atoms with Crippen LogP contribution in [0.3, 0.4) is 0 Å². The van der Waals surface area contributed by atoms with E-state index in [2.05, 4.69) is 24.3 Å². The second kappa shape index (κ2) is 10.1. The Morgan fingerprint density at radius 1 is 0.636 bits per heavy atom. The van der Waals surface area contributed by atoms with Crippen LogP contribution in [0.2, 0.25) is 0 Å². The van der Waals surface area contributed by atoms with E-state index in [-0.39, 0.29) is 76.4 Å². The molecule has 3 aromatic carbocycles. The average molecular weight is 587 g/mol. The van der Waals surface area contributed by atoms with Crippen molar-refractivity contribution in [1.29, 1.82) is 0 Å². The lowest BCUT2D eigenvalue weighted by Gasteiger charge is -2.28. The van der Waals surface area contributed by atoms with Crippen LogP contribution in [-0.4, -0.2) is 29.6 Å². The Labute approximate surface area is 254 Å². The quantitative estimate of drug-likeness (QED) is 0.174. The van der Waals surface area contributed by atoms with Crippen molar-refractivity contribution in [3.63, 3.8) is 0 Å². The van der Waals surface area contributed by atoms with Gasteiger partial charge in [0.15, 0.2) is 0 Å². The number of nitrogens with zero attached hydrogens (tertiary/aromatic N) is 2. The van der Waals surface area contributed by atoms with Gasteiger partial charge in [0.05, 0.1) is 40.6 Å². The van der Waals surface area contributed by atoms with Crippen molar-refractivity contribution < 1.29 is 28.7 Å². The molecule has 4 fully saturated rings. The van der Waals surface area contributed by atoms with Crippen LogP contribution in [0.4, 0.5) is 11.4 Å². The van der Waals surface area contributed by atoms with Crippen LogP contribution in [0.5, 0.6) is 5.75 Å². The van der Waals surface area contributed by atoms with Crippen molar-refractivity contribution in [3.05, 3.63) is 102 Å². The predicted octanol–water partition coefficient (Wildman–Crippen LogP) is 5.29. The smallest absolute Gasteiger partial charge is 0.343 e. The molecular formula is C36H30N2O6. The average Bonchev–Trinajstić information content (AvgIpc) is 3.80. The van der Waals surface area contributed by atoms with Gasteiger partial charge < -0.3 is 4.74 Å². The first-order valence-corrected chi connectivity index (χ1v) is 15.3. The number of carbonyl (C=O) groups is 5. The van der Waals surface area contributed by atoms with Gasteiger partial charge >= 0.3 is 5.97 Å². The molecule has 8 heteroatoms. The molecule has 44 heavy (non-hydrogen) atoms. The Hall–Kier alpha value is -4.85. The van der Waals surface area contributed by atoms with Gasteiger partial charge in [-0.25, -0.2) is 4.79 Å². The number of ether oxygens (including phenoxy) is 1. The first-order valence-electron chi connectivity index (χ1n) is 15.3. The molecule has 3 aromatic rings. The van der Waals surface area contributed by atoms with Gasteiger partial charge in [0, 0.05) is 0 Å². The zero-order valence-corrected chi connectivity index (χ0v) is 23.9. The third-order valence-electron chi connectivity index (χ3n) is 10.3. The van der Waals surface area contributed by atoms with Gasteiger partial charge in [-0.15, -0.1) is 0 Å². The molecule has 2 bridgehead atoms. The van der Waals surface area contributed by atoms with Gasteiger partial charge in [0.25, 0.3) is 0 Å². The second-order valence-corrected chi connectivity index (χ2v) is 12.6. The lowest BCUT2D eigenvalue weighted by Crippen LogP contribution is -2.32. The maximum Gasteiger partial charge on any atom is 0.343 e. The summed E-state index contributed by atoms with van der Waals surface area (Å²) in [4.78, 5) is 68.8. The summed E-state index contributed by atoms with van der Waals surface area (Å²) in [5.74, 6) is -1.98. The summed E-state index contributed by atoms with van der Waals surface area (Å²) < 4.78 is 5.59. The normalized spacial score (nSPS) is 30.2. The highest BCUT2D eigenvalue weighted by atomic mass is 16.5. The summed E-state index contributed by atoms with van der Waals surface area (Å²) >= 11 is 0. The van der Waals surface area contributed by atoms with Crippen LogP contribution in [-0.2, 0) is 19.2 Å². The highest BCUT2D eigenvalue weighted by molar-refractivity contribution is 6.23. The second-order valence-electron chi connectivity index (χ2n) is 12.6. The number of carbonyl (C=O) groups excluding carboxylic acids is 5. The standard InChI is InChI=1S/C36H30N2O6/c39-32-28-16-11-21(20-5-2-1-3-6-20)19-29(28)33(40)38(32)26-8-4-7-24(18-26)36(43)44-27-14-12-25(13-15-27)37-34(41)30-22-9-10-23(17-22)31(30)35(37)42/h1-10,12-15,18,21-23,28-31H,11,16-17,19H2. The van der Waals surface area contributed by atoms with Crippen LogP contribution in [0, 0.1) is 35.5 Å². The van der Waals surface area contributed by atoms with Crippen molar-refractivity contribution in [2.45, 2.75) is 31.6 Å². The number of allylic oxidation sites excluding steroid dienone is 2. The summed E-state index contributed by atoms with van der Waals surface area (Å²) in [5, 5.41) is 0. The molecule has 2 aliphatic heterocycles. The zero-order valence-electron chi connectivity index (χ0n) is 23.9. The van der Waals surface area contributed by atoms with Gasteiger partial charge in [-0.1, -0.05) is 48.6 Å². The van der Waals surface area contributed by atoms with E-state index in [0.29, 0.717) is 24.2 Å². The van der Waals surface area contributed by atoms with Crippen LogP contribution in [0.25, 0.3) is 0 Å². The maximum atomic E-state index is 13.5. The lowest BCUT2D eigenvalue weighted by atomic mass is 9.73. The van der Waals surface area contributed by atoms with E-state index in [9.17, 15) is 24.0 Å². The highest BCUT2D eigenvalue weighted by Crippen LogP contribution is 2.53. The lowest BCUT2D eigenvalue weighted by molar-refractivity contribution is -0.124. The van der Waals surface area contributed by atoms with Crippen molar-refractivity contribution in [2.75, 3.05) is 9.80 Å². The fourth-order valence-electron chi connectivity index (χ4n) is 8.22. The van der Waals surface area contributed by atoms with E-state index in [1.807, 2.05) is 18.2 Å². The number of benzene rings is 3. The molecule has 2 heterocycles. The summed E-state index contributed by atoms with van der Waals surface area (Å²) in [5.41, 5.74) is 2.20. The Bertz CT molecular complexity index is 1720. The summed E-state index contributed by atoms with van der Waals surface area (Å²) in [7, 11) is 0. The Balaban J connectivity index is 0.959. The van der Waals surface area contributed by atoms with Crippen LogP contribution in [0.1, 0.15) is 47.5 Å². The highest BCUT2D eigenvalue weighted by Gasteiger charge is 2.59. The van der Waals surface area contributed by atoms with E-state index in [0.717, 1.165) is 12.8 Å². The summed E-state index contributed by atoms with van der Waals surface area (Å²) in [6.07, 6.45) is 7.11. The number of esters is 1. The molecule has 7 unspecified atom stereocenters. The molecule has 2 saturated carbocycles. The van der Waals surface area contributed by atoms with Crippen molar-refractivity contribution in [1.82, 2.24) is 0 Å². The van der Waals surface area contributed by atoms with Crippen LogP contribution < -0.4 is 14.5 Å². The van der Waals surface area contributed by atoms with E-state index in [1.165, 1.54) is 21.4 Å². The molecule has 220 valence electrons. The third kappa shape index (κ3) is 4.08. The molecule has 5 aliphatic rings. The van der Waals surface area contributed by atoms with Crippen LogP contribution in [0.15, 0.2) is 91.0 Å². The van der Waals surface area contributed by atoms with E-state index in [4.69, 9.17) is 4.74 Å². The van der Waals surface area contributed by atoms with Crippen molar-refractivity contribution in [3.8, 4) is 5.75 Å². The number of hydrogen-bond acceptors (Lipinski definition) is 6. The number of fused-ring (bicyclic) bond motifs is 6. The third-order valence-corrected chi connectivity index (χ3v) is 10.3. The van der Waals surface area contributed by atoms with E-state index >= 15 is 0 Å². The predicted molar refractivity (Wildman–Crippen MR) is 161 cm³/mol. The van der Waals surface area contributed by atoms with E-state index in [1.54, 1.807) is 42.5 Å². The molecule has 2 saturated heterocycles. The van der Waals surface area contributed by atoms with Crippen molar-refractivity contribution in [2.24, 2.45) is 35.5 Å². The zero-order chi connectivity index (χ0) is 30.1. The van der Waals surface area contributed by atoms with Crippen molar-refractivity contribution >= 4 is 41.0 Å². The van der Waals surface area contributed by atoms with Gasteiger partial charge in [-0.05, 0) is 91.5 Å². The molecule has 0 N–H and O–H groups in total. The van der Waals surface area contributed by atoms with Gasteiger partial charge in [0.1, 0.15) is 5.75 Å². The minimum Gasteiger partial charge on any atom is -0.423 e. The number of anilines is 2. The minimum absolute atomic E-state index is 0.129. The fourth-order valence-corrected chi connectivity index (χ4v) is 8.22. The maximum absolute atomic E-state index is 13.5. The number of imide groups is 2. The fraction of sp³-hybridized carbons (Fsp3) is 0.306. The molecular weight excluding hydrogens is 556 g/mol. The van der Waals surface area contributed by atoms with Crippen LogP contribution >= 0.6 is 0 Å². The summed E-state index contributed by atoms with van der Waals surface area (Å²) in [6.45, 7) is 0. The molecule has 7 atom stereocenters. The molecule has 3 aliphatic carbocycles. The topological polar surface area (TPSA) is 101 Å². The monoisotopic (exact) mass is 586 g/mol. The Morgan fingerprint density at radius 2 is 1.30 bits per heavy atom. The Kier molecular flexibility index (Phi) is 6.15. The minimum atomic E-state index is -0.647. The number of hydrogen-bond donors (Lipinski definition) is 0. The van der Waals surface area contributed by atoms with E-state index < -0.39 is 5.97 Å². The molecule has 4 amide bonds. The SMILES string of the molecule is O=C(Oc1ccc(N2C(=O)C3C4C=CC(C4)C3C2=O)cc1)c1cccc(N2C(=O)C3CCC(c4ccccc4)CC3C2=O)c1. The first-order chi connectivity index (χ1) is 21.4. The number of rotatable bonds is 5. The summed E-state index contributed by atoms with van der Waals surface area (Å²) in [6, 6.07) is 22.8. The van der Waals surface area contributed by atoms with Gasteiger partial charge in [-0.2, -0.15) is 0 Å². The molecule has 8 rings (SSSR count). The molecule has 8 nitrogen and oxygen atoms in total. The molecule has 0 spiro atoms. The largest absolute Gasteiger partial charge is 0.423 e. The van der Waals surface area contributed by atoms with Gasteiger partial charge in [0.2, 0.25) is 23.6 Å². The first kappa shape index (κ1) is 26.8.